The number of hydrogen-bond acceptors (Lipinski definition) is 4. The van der Waals surface area contributed by atoms with Crippen LogP contribution in [0.2, 0.25) is 0 Å². The van der Waals surface area contributed by atoms with Crippen LogP contribution in [-0.2, 0) is 6.42 Å². The van der Waals surface area contributed by atoms with Gasteiger partial charge >= 0.3 is 0 Å². The van der Waals surface area contributed by atoms with Gasteiger partial charge in [-0.15, -0.1) is 0 Å². The lowest BCUT2D eigenvalue weighted by molar-refractivity contribution is 0.0664. The zero-order chi connectivity index (χ0) is 22.1. The Labute approximate surface area is 187 Å². The quantitative estimate of drug-likeness (QED) is 0.686. The summed E-state index contributed by atoms with van der Waals surface area (Å²) < 4.78 is 0. The first-order valence-electron chi connectivity index (χ1n) is 11.5. The Balaban J connectivity index is 1.34. The van der Waals surface area contributed by atoms with Crippen molar-refractivity contribution in [2.75, 3.05) is 26.2 Å². The van der Waals surface area contributed by atoms with E-state index < -0.39 is 0 Å². The predicted octanol–water partition coefficient (Wildman–Crippen LogP) is 3.68. The van der Waals surface area contributed by atoms with Crippen LogP contribution in [0, 0.1) is 5.41 Å². The summed E-state index contributed by atoms with van der Waals surface area (Å²) in [6.45, 7) is 4.88. The minimum atomic E-state index is -0.0519. The third-order valence-corrected chi connectivity index (χ3v) is 7.05. The van der Waals surface area contributed by atoms with Crippen LogP contribution in [0.15, 0.2) is 42.7 Å². The van der Waals surface area contributed by atoms with Crippen molar-refractivity contribution in [2.24, 2.45) is 5.41 Å². The van der Waals surface area contributed by atoms with Crippen LogP contribution in [0.4, 0.5) is 0 Å². The monoisotopic (exact) mass is 431 g/mol. The largest absolute Gasteiger partial charge is 0.338 e. The normalized spacial score (nSPS) is 21.3. The van der Waals surface area contributed by atoms with Crippen molar-refractivity contribution in [2.45, 2.75) is 39.0 Å². The molecule has 1 spiro atoms. The van der Waals surface area contributed by atoms with Gasteiger partial charge in [0, 0.05) is 49.4 Å². The summed E-state index contributed by atoms with van der Waals surface area (Å²) in [6, 6.07) is 9.69. The third-order valence-electron chi connectivity index (χ3n) is 7.05. The number of para-hydroxylation sites is 1. The minimum absolute atomic E-state index is 0.0200. The number of aryl methyl sites for hydroxylation is 1. The van der Waals surface area contributed by atoms with Gasteiger partial charge in [-0.3, -0.25) is 19.7 Å². The fraction of sp³-hybridized carbons (Fsp3) is 0.440. The van der Waals surface area contributed by atoms with Crippen LogP contribution in [-0.4, -0.2) is 63.0 Å². The Morgan fingerprint density at radius 3 is 2.69 bits per heavy atom. The highest BCUT2D eigenvalue weighted by atomic mass is 16.2. The fourth-order valence-electron chi connectivity index (χ4n) is 5.24. The highest BCUT2D eigenvalue weighted by Gasteiger charge is 2.43. The van der Waals surface area contributed by atoms with Gasteiger partial charge in [0.25, 0.3) is 11.8 Å². The lowest BCUT2D eigenvalue weighted by atomic mass is 9.82. The highest BCUT2D eigenvalue weighted by molar-refractivity contribution is 6.04. The number of pyridine rings is 1. The molecular weight excluding hydrogens is 402 g/mol. The molecule has 32 heavy (non-hydrogen) atoms. The predicted molar refractivity (Wildman–Crippen MR) is 122 cm³/mol. The van der Waals surface area contributed by atoms with E-state index in [9.17, 15) is 9.59 Å². The number of nitrogens with one attached hydrogen (secondary N) is 1. The van der Waals surface area contributed by atoms with Gasteiger partial charge < -0.3 is 9.80 Å². The molecule has 0 bridgehead atoms. The van der Waals surface area contributed by atoms with Gasteiger partial charge in [0.15, 0.2) is 5.69 Å². The lowest BCUT2D eigenvalue weighted by Gasteiger charge is -2.32. The van der Waals surface area contributed by atoms with Gasteiger partial charge in [0.2, 0.25) is 0 Å². The van der Waals surface area contributed by atoms with Crippen molar-refractivity contribution in [3.63, 3.8) is 0 Å². The Bertz CT molecular complexity index is 1160. The molecule has 7 nitrogen and oxygen atoms in total. The second-order valence-electron chi connectivity index (χ2n) is 9.21. The summed E-state index contributed by atoms with van der Waals surface area (Å²) >= 11 is 0. The van der Waals surface area contributed by atoms with E-state index in [1.54, 1.807) is 6.20 Å². The summed E-state index contributed by atoms with van der Waals surface area (Å²) in [4.78, 5) is 34.8. The summed E-state index contributed by atoms with van der Waals surface area (Å²) in [5.74, 6) is 0.0263. The fourth-order valence-corrected chi connectivity index (χ4v) is 5.24. The Morgan fingerprint density at radius 1 is 1.03 bits per heavy atom. The molecule has 2 aliphatic rings. The Hall–Kier alpha value is -3.22. The number of carbonyl (C=O) groups is 2. The Morgan fingerprint density at radius 2 is 1.84 bits per heavy atom. The maximum absolute atomic E-state index is 13.4. The lowest BCUT2D eigenvalue weighted by Crippen LogP contribution is -2.42. The molecular formula is C25H29N5O2. The van der Waals surface area contributed by atoms with Crippen molar-refractivity contribution in [1.29, 1.82) is 0 Å². The minimum Gasteiger partial charge on any atom is -0.338 e. The molecule has 166 valence electrons. The van der Waals surface area contributed by atoms with E-state index in [0.717, 1.165) is 61.7 Å². The summed E-state index contributed by atoms with van der Waals surface area (Å²) in [6.07, 6.45) is 8.34. The van der Waals surface area contributed by atoms with E-state index in [4.69, 9.17) is 0 Å². The number of hydrogen-bond donors (Lipinski definition) is 1. The molecule has 2 amide bonds. The van der Waals surface area contributed by atoms with Crippen LogP contribution in [0.1, 0.15) is 59.0 Å². The van der Waals surface area contributed by atoms with Crippen LogP contribution in [0.5, 0.6) is 0 Å². The van der Waals surface area contributed by atoms with E-state index >= 15 is 0 Å². The topological polar surface area (TPSA) is 82.2 Å². The van der Waals surface area contributed by atoms with E-state index in [-0.39, 0.29) is 17.2 Å². The molecule has 1 N–H and O–H groups in total. The average Bonchev–Trinajstić information content (AvgIpc) is 3.38. The van der Waals surface area contributed by atoms with Gasteiger partial charge in [-0.1, -0.05) is 31.5 Å². The third kappa shape index (κ3) is 3.76. The molecule has 1 aromatic carbocycles. The van der Waals surface area contributed by atoms with Gasteiger partial charge in [-0.25, -0.2) is 0 Å². The first kappa shape index (κ1) is 20.7. The van der Waals surface area contributed by atoms with Crippen molar-refractivity contribution in [3.05, 3.63) is 59.5 Å². The smallest absolute Gasteiger partial charge is 0.275 e. The molecule has 1 unspecified atom stereocenters. The molecule has 7 heteroatoms. The van der Waals surface area contributed by atoms with Gasteiger partial charge in [0.05, 0.1) is 11.1 Å². The molecule has 0 aliphatic carbocycles. The summed E-state index contributed by atoms with van der Waals surface area (Å²) in [7, 11) is 0. The summed E-state index contributed by atoms with van der Waals surface area (Å²) in [5.41, 5.74) is 3.05. The van der Waals surface area contributed by atoms with Gasteiger partial charge in [-0.2, -0.15) is 5.10 Å². The number of fused-ring (bicyclic) bond motifs is 1. The molecule has 2 fully saturated rings. The number of aromatic nitrogens is 3. The number of H-pyrrole nitrogens is 1. The van der Waals surface area contributed by atoms with E-state index in [2.05, 4.69) is 22.1 Å². The van der Waals surface area contributed by atoms with Gasteiger partial charge in [-0.05, 0) is 43.4 Å². The summed E-state index contributed by atoms with van der Waals surface area (Å²) in [5, 5.41) is 8.17. The molecule has 4 heterocycles. The molecule has 0 saturated carbocycles. The van der Waals surface area contributed by atoms with Crippen molar-refractivity contribution >= 4 is 22.7 Å². The molecule has 0 radical (unpaired) electrons. The van der Waals surface area contributed by atoms with E-state index in [1.807, 2.05) is 46.3 Å². The zero-order valence-corrected chi connectivity index (χ0v) is 18.5. The number of aromatic amines is 1. The number of amides is 2. The molecule has 1 atom stereocenters. The second-order valence-corrected chi connectivity index (χ2v) is 9.21. The number of nitrogens with zero attached hydrogens (tertiary/aromatic N) is 4. The zero-order valence-electron chi connectivity index (χ0n) is 18.5. The van der Waals surface area contributed by atoms with Crippen molar-refractivity contribution in [3.8, 4) is 0 Å². The number of rotatable bonds is 3. The maximum Gasteiger partial charge on any atom is 0.275 e. The van der Waals surface area contributed by atoms with Gasteiger partial charge in [0.1, 0.15) is 0 Å². The SMILES string of the molecule is CCc1cncc(C(=O)N2CCC3(CCCCN(C(=O)c4n[nH]c5ccccc45)C3)C2)c1. The second kappa shape index (κ2) is 8.37. The van der Waals surface area contributed by atoms with Crippen molar-refractivity contribution < 1.29 is 9.59 Å². The van der Waals surface area contributed by atoms with Crippen LogP contribution < -0.4 is 0 Å². The van der Waals surface area contributed by atoms with Crippen LogP contribution in [0.25, 0.3) is 10.9 Å². The average molecular weight is 432 g/mol. The molecule has 2 aromatic heterocycles. The van der Waals surface area contributed by atoms with Crippen LogP contribution in [0.3, 0.4) is 0 Å². The number of benzene rings is 1. The molecule has 5 rings (SSSR count). The molecule has 2 aliphatic heterocycles. The standard InChI is InChI=1S/C25H29N5O2/c1-2-18-13-19(15-26-14-18)23(31)30-12-10-25(17-30)9-5-6-11-29(16-25)24(32)22-20-7-3-4-8-21(20)27-28-22/h3-4,7-8,13-15H,2,5-6,9-12,16-17H2,1H3,(H,27,28). The maximum atomic E-state index is 13.4. The first-order valence-corrected chi connectivity index (χ1v) is 11.5. The van der Waals surface area contributed by atoms with Crippen LogP contribution >= 0.6 is 0 Å². The van der Waals surface area contributed by atoms with E-state index in [0.29, 0.717) is 24.3 Å². The van der Waals surface area contributed by atoms with E-state index in [1.165, 1.54) is 0 Å². The first-order chi connectivity index (χ1) is 15.6. The number of likely N-dealkylation sites (tertiary alicyclic amines) is 2. The number of carbonyl (C=O) groups excluding carboxylic acids is 2. The Kier molecular flexibility index (Phi) is 5.41. The molecule has 2 saturated heterocycles. The van der Waals surface area contributed by atoms with Crippen molar-refractivity contribution in [1.82, 2.24) is 25.0 Å². The molecule has 3 aromatic rings. The highest BCUT2D eigenvalue weighted by Crippen LogP contribution is 2.39.